The molecule has 0 aliphatic heterocycles. The molecule has 1 aromatic heterocycles. The van der Waals surface area contributed by atoms with Crippen LogP contribution in [0.5, 0.6) is 0 Å². The van der Waals surface area contributed by atoms with Crippen LogP contribution in [0.15, 0.2) is 6.20 Å². The molecule has 2 rings (SSSR count). The minimum atomic E-state index is 0.178. The van der Waals surface area contributed by atoms with Gasteiger partial charge in [0.25, 0.3) is 0 Å². The number of hydrogen-bond donors (Lipinski definition) is 2. The van der Waals surface area contributed by atoms with Crippen LogP contribution in [0.3, 0.4) is 0 Å². The van der Waals surface area contributed by atoms with Crippen LogP contribution >= 0.6 is 11.8 Å². The molecular weight excluding hydrogens is 184 g/mol. The molecule has 4 nitrogen and oxygen atoms in total. The molecule has 0 spiro atoms. The quantitative estimate of drug-likeness (QED) is 0.737. The summed E-state index contributed by atoms with van der Waals surface area (Å²) in [5, 5.41) is 0. The van der Waals surface area contributed by atoms with E-state index in [0.717, 1.165) is 18.4 Å². The van der Waals surface area contributed by atoms with Crippen molar-refractivity contribution in [2.24, 2.45) is 0 Å². The van der Waals surface area contributed by atoms with E-state index in [1.807, 2.05) is 11.8 Å². The first-order chi connectivity index (χ1) is 6.18. The van der Waals surface area contributed by atoms with Crippen LogP contribution < -0.4 is 11.5 Å². The molecule has 1 fully saturated rings. The molecule has 1 heterocycles. The monoisotopic (exact) mass is 196 g/mol. The van der Waals surface area contributed by atoms with Gasteiger partial charge in [-0.15, -0.1) is 0 Å². The molecule has 1 saturated carbocycles. The molecule has 0 unspecified atom stereocenters. The number of nitrogens with zero attached hydrogens (tertiary/aromatic N) is 2. The predicted octanol–water partition coefficient (Wildman–Crippen LogP) is 0.993. The summed E-state index contributed by atoms with van der Waals surface area (Å²) in [6.45, 7) is 0. The molecule has 1 aliphatic rings. The normalized spacial score (nSPS) is 18.5. The Kier molecular flexibility index (Phi) is 1.83. The third-order valence-corrected chi connectivity index (χ3v) is 3.83. The van der Waals surface area contributed by atoms with Crippen molar-refractivity contribution in [2.45, 2.75) is 17.6 Å². The van der Waals surface area contributed by atoms with Crippen molar-refractivity contribution in [1.82, 2.24) is 9.97 Å². The van der Waals surface area contributed by atoms with Gasteiger partial charge < -0.3 is 11.5 Å². The minimum absolute atomic E-state index is 0.178. The van der Waals surface area contributed by atoms with Crippen molar-refractivity contribution in [1.29, 1.82) is 0 Å². The van der Waals surface area contributed by atoms with Gasteiger partial charge in [-0.25, -0.2) is 4.98 Å². The standard InChI is InChI=1S/C8H12N4S/c1-13-8(2-3-8)5-4-11-7(10)12-6(5)9/h4H,2-3H2,1H3,(H4,9,10,11,12). The van der Waals surface area contributed by atoms with Gasteiger partial charge in [-0.1, -0.05) is 0 Å². The zero-order valence-electron chi connectivity index (χ0n) is 7.45. The fourth-order valence-electron chi connectivity index (χ4n) is 1.46. The molecule has 4 N–H and O–H groups in total. The number of nitrogens with two attached hydrogens (primary N) is 2. The summed E-state index contributed by atoms with van der Waals surface area (Å²) in [5.41, 5.74) is 12.2. The van der Waals surface area contributed by atoms with Gasteiger partial charge in [-0.3, -0.25) is 0 Å². The molecule has 0 saturated heterocycles. The first-order valence-corrected chi connectivity index (χ1v) is 5.34. The van der Waals surface area contributed by atoms with Crippen LogP contribution in [0, 0.1) is 0 Å². The van der Waals surface area contributed by atoms with Gasteiger partial charge in [0.1, 0.15) is 5.82 Å². The molecule has 1 aliphatic carbocycles. The average Bonchev–Trinajstić information content (AvgIpc) is 2.85. The minimum Gasteiger partial charge on any atom is -0.383 e. The van der Waals surface area contributed by atoms with E-state index in [0.29, 0.717) is 5.82 Å². The summed E-state index contributed by atoms with van der Waals surface area (Å²) < 4.78 is 0.178. The van der Waals surface area contributed by atoms with E-state index in [2.05, 4.69) is 16.2 Å². The maximum Gasteiger partial charge on any atom is 0.221 e. The van der Waals surface area contributed by atoms with Crippen LogP contribution in [-0.2, 0) is 4.75 Å². The third-order valence-electron chi connectivity index (χ3n) is 2.42. The fraction of sp³-hybridized carbons (Fsp3) is 0.500. The molecule has 0 amide bonds. The summed E-state index contributed by atoms with van der Waals surface area (Å²) in [6.07, 6.45) is 6.15. The highest BCUT2D eigenvalue weighted by Gasteiger charge is 2.45. The Labute approximate surface area is 81.1 Å². The van der Waals surface area contributed by atoms with Crippen molar-refractivity contribution in [3.63, 3.8) is 0 Å². The molecule has 5 heteroatoms. The van der Waals surface area contributed by atoms with Gasteiger partial charge in [0.15, 0.2) is 0 Å². The second-order valence-corrected chi connectivity index (χ2v) is 4.42. The summed E-state index contributed by atoms with van der Waals surface area (Å²) in [4.78, 5) is 7.93. The van der Waals surface area contributed by atoms with Crippen LogP contribution in [0.4, 0.5) is 11.8 Å². The van der Waals surface area contributed by atoms with Gasteiger partial charge in [0, 0.05) is 16.5 Å². The Bertz CT molecular complexity index is 335. The second-order valence-electron chi connectivity index (χ2n) is 3.23. The molecule has 0 atom stereocenters. The maximum absolute atomic E-state index is 5.78. The highest BCUT2D eigenvalue weighted by atomic mass is 32.2. The van der Waals surface area contributed by atoms with E-state index in [1.165, 1.54) is 0 Å². The van der Waals surface area contributed by atoms with E-state index >= 15 is 0 Å². The maximum atomic E-state index is 5.78. The van der Waals surface area contributed by atoms with Gasteiger partial charge in [-0.2, -0.15) is 16.7 Å². The SMILES string of the molecule is CSC1(c2cnc(N)nc2N)CC1. The molecule has 1 aromatic rings. The van der Waals surface area contributed by atoms with Crippen LogP contribution in [0.1, 0.15) is 18.4 Å². The van der Waals surface area contributed by atoms with Crippen molar-refractivity contribution in [3.05, 3.63) is 11.8 Å². The number of anilines is 2. The van der Waals surface area contributed by atoms with Crippen molar-refractivity contribution >= 4 is 23.5 Å². The molecular formula is C8H12N4S. The fourth-order valence-corrected chi connectivity index (χ4v) is 2.34. The summed E-state index contributed by atoms with van der Waals surface area (Å²) in [7, 11) is 0. The molecule has 0 radical (unpaired) electrons. The molecule has 13 heavy (non-hydrogen) atoms. The topological polar surface area (TPSA) is 77.8 Å². The Hall–Kier alpha value is -0.970. The lowest BCUT2D eigenvalue weighted by Crippen LogP contribution is -2.09. The first-order valence-electron chi connectivity index (χ1n) is 4.11. The second kappa shape index (κ2) is 2.77. The summed E-state index contributed by atoms with van der Waals surface area (Å²) >= 11 is 1.81. The molecule has 0 bridgehead atoms. The van der Waals surface area contributed by atoms with Crippen LogP contribution in [0.2, 0.25) is 0 Å². The van der Waals surface area contributed by atoms with Crippen molar-refractivity contribution in [2.75, 3.05) is 17.7 Å². The van der Waals surface area contributed by atoms with Gasteiger partial charge >= 0.3 is 0 Å². The van der Waals surface area contributed by atoms with E-state index in [4.69, 9.17) is 11.5 Å². The third kappa shape index (κ3) is 1.33. The van der Waals surface area contributed by atoms with Gasteiger partial charge in [0.05, 0.1) is 0 Å². The zero-order valence-corrected chi connectivity index (χ0v) is 8.27. The van der Waals surface area contributed by atoms with Gasteiger partial charge in [-0.05, 0) is 19.1 Å². The van der Waals surface area contributed by atoms with Crippen LogP contribution in [-0.4, -0.2) is 16.2 Å². The van der Waals surface area contributed by atoms with Crippen molar-refractivity contribution in [3.8, 4) is 0 Å². The largest absolute Gasteiger partial charge is 0.383 e. The zero-order chi connectivity index (χ0) is 9.47. The Morgan fingerprint density at radius 3 is 2.62 bits per heavy atom. The van der Waals surface area contributed by atoms with E-state index in [-0.39, 0.29) is 10.7 Å². The lowest BCUT2D eigenvalue weighted by Gasteiger charge is -2.13. The number of hydrogen-bond acceptors (Lipinski definition) is 5. The lowest BCUT2D eigenvalue weighted by atomic mass is 10.2. The number of thioether (sulfide) groups is 1. The number of rotatable bonds is 2. The highest BCUT2D eigenvalue weighted by molar-refractivity contribution is 7.99. The number of nitrogen functional groups attached to an aromatic ring is 2. The van der Waals surface area contributed by atoms with E-state index < -0.39 is 0 Å². The molecule has 0 aromatic carbocycles. The summed E-state index contributed by atoms with van der Waals surface area (Å²) in [6, 6.07) is 0. The van der Waals surface area contributed by atoms with E-state index in [9.17, 15) is 0 Å². The Balaban J connectivity index is 2.41. The average molecular weight is 196 g/mol. The summed E-state index contributed by atoms with van der Waals surface area (Å²) in [5.74, 6) is 0.775. The van der Waals surface area contributed by atoms with E-state index in [1.54, 1.807) is 6.20 Å². The van der Waals surface area contributed by atoms with Gasteiger partial charge in [0.2, 0.25) is 5.95 Å². The molecule has 70 valence electrons. The lowest BCUT2D eigenvalue weighted by molar-refractivity contribution is 0.993. The Morgan fingerprint density at radius 2 is 2.15 bits per heavy atom. The Morgan fingerprint density at radius 1 is 1.46 bits per heavy atom. The van der Waals surface area contributed by atoms with Crippen molar-refractivity contribution < 1.29 is 0 Å². The number of aromatic nitrogens is 2. The van der Waals surface area contributed by atoms with Crippen LogP contribution in [0.25, 0.3) is 0 Å². The predicted molar refractivity (Wildman–Crippen MR) is 55.3 cm³/mol. The highest BCUT2D eigenvalue weighted by Crippen LogP contribution is 2.56. The smallest absolute Gasteiger partial charge is 0.221 e. The first kappa shape index (κ1) is 8.62.